The SMILES string of the molecule is NS(=O)(=O)c1ccc(N2CCOCC2)c(C(=O)N2CCN(c3ccc(Cl)cc3)CC2)c1. The number of benzene rings is 2. The monoisotopic (exact) mass is 464 g/mol. The summed E-state index contributed by atoms with van der Waals surface area (Å²) in [5.41, 5.74) is 2.12. The van der Waals surface area contributed by atoms with Gasteiger partial charge >= 0.3 is 0 Å². The van der Waals surface area contributed by atoms with Gasteiger partial charge in [-0.15, -0.1) is 0 Å². The zero-order valence-corrected chi connectivity index (χ0v) is 18.6. The smallest absolute Gasteiger partial charge is 0.256 e. The zero-order valence-electron chi connectivity index (χ0n) is 17.0. The molecule has 0 radical (unpaired) electrons. The summed E-state index contributed by atoms with van der Waals surface area (Å²) >= 11 is 5.97. The summed E-state index contributed by atoms with van der Waals surface area (Å²) in [7, 11) is -3.92. The first kappa shape index (κ1) is 21.9. The lowest BCUT2D eigenvalue weighted by Crippen LogP contribution is -2.49. The number of ether oxygens (including phenoxy) is 1. The minimum absolute atomic E-state index is 0.0624. The van der Waals surface area contributed by atoms with Crippen molar-refractivity contribution in [2.45, 2.75) is 4.90 Å². The lowest BCUT2D eigenvalue weighted by atomic mass is 10.1. The molecule has 2 heterocycles. The minimum Gasteiger partial charge on any atom is -0.378 e. The number of piperazine rings is 1. The third-order valence-corrected chi connectivity index (χ3v) is 6.80. The highest BCUT2D eigenvalue weighted by molar-refractivity contribution is 7.89. The van der Waals surface area contributed by atoms with Gasteiger partial charge in [0.25, 0.3) is 5.91 Å². The number of morpholine rings is 1. The second-order valence-corrected chi connectivity index (χ2v) is 9.58. The largest absolute Gasteiger partial charge is 0.378 e. The number of amides is 1. The number of sulfonamides is 1. The third kappa shape index (κ3) is 4.95. The molecule has 31 heavy (non-hydrogen) atoms. The van der Waals surface area contributed by atoms with E-state index in [2.05, 4.69) is 4.90 Å². The van der Waals surface area contributed by atoms with E-state index < -0.39 is 10.0 Å². The second kappa shape index (κ2) is 9.04. The molecule has 0 unspecified atom stereocenters. The number of carbonyl (C=O) groups is 1. The van der Waals surface area contributed by atoms with Gasteiger partial charge in [0.1, 0.15) is 0 Å². The highest BCUT2D eigenvalue weighted by atomic mass is 35.5. The van der Waals surface area contributed by atoms with Crippen LogP contribution in [0, 0.1) is 0 Å². The maximum absolute atomic E-state index is 13.4. The van der Waals surface area contributed by atoms with Crippen LogP contribution >= 0.6 is 11.6 Å². The molecule has 8 nitrogen and oxygen atoms in total. The molecule has 2 fully saturated rings. The van der Waals surface area contributed by atoms with Gasteiger partial charge in [0.05, 0.1) is 23.7 Å². The number of hydrogen-bond acceptors (Lipinski definition) is 6. The van der Waals surface area contributed by atoms with E-state index >= 15 is 0 Å². The summed E-state index contributed by atoms with van der Waals surface area (Å²) in [5.74, 6) is -0.192. The third-order valence-electron chi connectivity index (χ3n) is 5.64. The highest BCUT2D eigenvalue weighted by Gasteiger charge is 2.27. The highest BCUT2D eigenvalue weighted by Crippen LogP contribution is 2.27. The number of hydrogen-bond donors (Lipinski definition) is 1. The fourth-order valence-electron chi connectivity index (χ4n) is 3.93. The van der Waals surface area contributed by atoms with E-state index in [0.717, 1.165) is 5.69 Å². The molecule has 0 spiro atoms. The van der Waals surface area contributed by atoms with Crippen LogP contribution in [0.2, 0.25) is 5.02 Å². The van der Waals surface area contributed by atoms with Crippen molar-refractivity contribution in [2.24, 2.45) is 5.14 Å². The van der Waals surface area contributed by atoms with Crippen molar-refractivity contribution in [2.75, 3.05) is 62.3 Å². The zero-order chi connectivity index (χ0) is 22.0. The van der Waals surface area contributed by atoms with Crippen LogP contribution in [0.4, 0.5) is 11.4 Å². The molecule has 0 bridgehead atoms. The molecule has 2 N–H and O–H groups in total. The lowest BCUT2D eigenvalue weighted by molar-refractivity contribution is 0.0746. The maximum atomic E-state index is 13.4. The number of nitrogens with two attached hydrogens (primary N) is 1. The molecule has 0 saturated carbocycles. The average molecular weight is 465 g/mol. The van der Waals surface area contributed by atoms with Gasteiger partial charge in [-0.05, 0) is 42.5 Å². The topological polar surface area (TPSA) is 96.2 Å². The molecule has 0 aromatic heterocycles. The Balaban J connectivity index is 1.56. The van der Waals surface area contributed by atoms with Gasteiger partial charge in [0.2, 0.25) is 10.0 Å². The Labute approximate surface area is 187 Å². The van der Waals surface area contributed by atoms with E-state index in [-0.39, 0.29) is 10.8 Å². The van der Waals surface area contributed by atoms with Crippen LogP contribution in [-0.2, 0) is 14.8 Å². The molecule has 2 aliphatic rings. The second-order valence-electron chi connectivity index (χ2n) is 7.58. The number of carbonyl (C=O) groups excluding carboxylic acids is 1. The minimum atomic E-state index is -3.92. The predicted octanol–water partition coefficient (Wildman–Crippen LogP) is 1.79. The van der Waals surface area contributed by atoms with Gasteiger partial charge < -0.3 is 19.4 Å². The van der Waals surface area contributed by atoms with Crippen molar-refractivity contribution < 1.29 is 17.9 Å². The van der Waals surface area contributed by atoms with Crippen LogP contribution in [0.3, 0.4) is 0 Å². The summed E-state index contributed by atoms with van der Waals surface area (Å²) in [4.78, 5) is 19.4. The summed E-state index contributed by atoms with van der Waals surface area (Å²) < 4.78 is 29.2. The molecular weight excluding hydrogens is 440 g/mol. The molecule has 1 amide bonds. The summed E-state index contributed by atoms with van der Waals surface area (Å²) in [5, 5.41) is 6.01. The van der Waals surface area contributed by atoms with Crippen LogP contribution in [0.25, 0.3) is 0 Å². The molecule has 4 rings (SSSR count). The molecule has 166 valence electrons. The molecule has 2 saturated heterocycles. The fourth-order valence-corrected chi connectivity index (χ4v) is 4.60. The first-order valence-electron chi connectivity index (χ1n) is 10.1. The standard InChI is InChI=1S/C21H25ClN4O4S/c22-16-1-3-17(4-2-16)24-7-9-26(10-8-24)21(27)19-15-18(31(23,28)29)5-6-20(19)25-11-13-30-14-12-25/h1-6,15H,7-14H2,(H2,23,28,29). The Morgan fingerprint density at radius 2 is 1.55 bits per heavy atom. The average Bonchev–Trinajstić information content (AvgIpc) is 2.79. The van der Waals surface area contributed by atoms with Crippen LogP contribution in [0.15, 0.2) is 47.4 Å². The van der Waals surface area contributed by atoms with E-state index in [1.165, 1.54) is 12.1 Å². The van der Waals surface area contributed by atoms with Crippen molar-refractivity contribution in [1.82, 2.24) is 4.90 Å². The fraction of sp³-hybridized carbons (Fsp3) is 0.381. The molecular formula is C21H25ClN4O4S. The molecule has 10 heteroatoms. The number of nitrogens with zero attached hydrogens (tertiary/aromatic N) is 3. The van der Waals surface area contributed by atoms with Gasteiger partial charge in [-0.3, -0.25) is 4.79 Å². The molecule has 0 atom stereocenters. The molecule has 2 aliphatic heterocycles. The number of halogens is 1. The summed E-state index contributed by atoms with van der Waals surface area (Å²) in [6, 6.07) is 12.1. The first-order chi connectivity index (χ1) is 14.8. The lowest BCUT2D eigenvalue weighted by Gasteiger charge is -2.37. The summed E-state index contributed by atoms with van der Waals surface area (Å²) in [6.45, 7) is 4.81. The van der Waals surface area contributed by atoms with Crippen molar-refractivity contribution in [3.8, 4) is 0 Å². The van der Waals surface area contributed by atoms with Gasteiger partial charge in [-0.2, -0.15) is 0 Å². The van der Waals surface area contributed by atoms with Crippen LogP contribution in [-0.4, -0.2) is 71.7 Å². The molecule has 2 aromatic carbocycles. The Kier molecular flexibility index (Phi) is 6.38. The van der Waals surface area contributed by atoms with Crippen molar-refractivity contribution in [3.63, 3.8) is 0 Å². The molecule has 2 aromatic rings. The van der Waals surface area contributed by atoms with Crippen molar-refractivity contribution >= 4 is 38.9 Å². The maximum Gasteiger partial charge on any atom is 0.256 e. The van der Waals surface area contributed by atoms with Gasteiger partial charge in [-0.25, -0.2) is 13.6 Å². The Morgan fingerprint density at radius 1 is 0.903 bits per heavy atom. The van der Waals surface area contributed by atoms with E-state index in [9.17, 15) is 13.2 Å². The normalized spacial score (nSPS) is 17.7. The quantitative estimate of drug-likeness (QED) is 0.741. The van der Waals surface area contributed by atoms with Crippen LogP contribution < -0.4 is 14.9 Å². The van der Waals surface area contributed by atoms with E-state index in [1.807, 2.05) is 29.2 Å². The first-order valence-corrected chi connectivity index (χ1v) is 12.0. The van der Waals surface area contributed by atoms with Gasteiger partial charge in [0.15, 0.2) is 0 Å². The van der Waals surface area contributed by atoms with Gasteiger partial charge in [-0.1, -0.05) is 11.6 Å². The van der Waals surface area contributed by atoms with Crippen LogP contribution in [0.5, 0.6) is 0 Å². The van der Waals surface area contributed by atoms with E-state index in [4.69, 9.17) is 21.5 Å². The van der Waals surface area contributed by atoms with E-state index in [1.54, 1.807) is 11.0 Å². The summed E-state index contributed by atoms with van der Waals surface area (Å²) in [6.07, 6.45) is 0. The predicted molar refractivity (Wildman–Crippen MR) is 120 cm³/mol. The molecule has 0 aliphatic carbocycles. The number of anilines is 2. The van der Waals surface area contributed by atoms with Crippen molar-refractivity contribution in [1.29, 1.82) is 0 Å². The number of primary sulfonamides is 1. The van der Waals surface area contributed by atoms with Crippen molar-refractivity contribution in [3.05, 3.63) is 53.1 Å². The Hall–Kier alpha value is -2.33. The number of rotatable bonds is 4. The van der Waals surface area contributed by atoms with Gasteiger partial charge in [0, 0.05) is 55.7 Å². The Morgan fingerprint density at radius 3 is 2.16 bits per heavy atom. The van der Waals surface area contributed by atoms with Crippen LogP contribution in [0.1, 0.15) is 10.4 Å². The van der Waals surface area contributed by atoms with E-state index in [0.29, 0.717) is 68.8 Å². The Bertz CT molecular complexity index is 1050.